The number of amides is 2. The zero-order chi connectivity index (χ0) is 15.4. The third-order valence-electron chi connectivity index (χ3n) is 2.85. The Morgan fingerprint density at radius 1 is 1.15 bits per heavy atom. The Bertz CT molecular complexity index is 363. The predicted octanol–water partition coefficient (Wildman–Crippen LogP) is -4.47. The molecule has 0 bridgehead atoms. The minimum Gasteiger partial charge on any atom is -0.394 e. The lowest BCUT2D eigenvalue weighted by Crippen LogP contribution is -2.60. The van der Waals surface area contributed by atoms with Gasteiger partial charge in [0.15, 0.2) is 6.29 Å². The molecule has 1 fully saturated rings. The monoisotopic (exact) mass is 294 g/mol. The average Bonchev–Trinajstić information content (AvgIpc) is 2.37. The van der Waals surface area contributed by atoms with Gasteiger partial charge in [0.25, 0.3) is 0 Å². The molecule has 0 saturated carbocycles. The summed E-state index contributed by atoms with van der Waals surface area (Å²) in [4.78, 5) is 21.9. The number of hydrogen-bond acceptors (Lipinski definition) is 8. The highest BCUT2D eigenvalue weighted by molar-refractivity contribution is 5.85. The molecule has 1 rings (SSSR count). The Kier molecular flexibility index (Phi) is 5.80. The number of primary amides is 2. The summed E-state index contributed by atoms with van der Waals surface area (Å²) in [6, 6.07) is 0. The molecule has 6 atom stereocenters. The summed E-state index contributed by atoms with van der Waals surface area (Å²) in [5.41, 5.74) is 9.92. The van der Waals surface area contributed by atoms with Gasteiger partial charge in [-0.05, 0) is 0 Å². The van der Waals surface area contributed by atoms with Gasteiger partial charge in [-0.1, -0.05) is 0 Å². The van der Waals surface area contributed by atoms with Crippen molar-refractivity contribution in [1.29, 1.82) is 0 Å². The molecular formula is C10H18N2O8. The first-order valence-electron chi connectivity index (χ1n) is 5.81. The Balaban J connectivity index is 2.77. The number of hydrogen-bond donors (Lipinski definition) is 6. The first-order valence-corrected chi connectivity index (χ1v) is 5.81. The number of aliphatic hydroxyl groups is 4. The Morgan fingerprint density at radius 2 is 1.75 bits per heavy atom. The summed E-state index contributed by atoms with van der Waals surface area (Å²) in [6.45, 7) is -0.651. The zero-order valence-corrected chi connectivity index (χ0v) is 10.5. The predicted molar refractivity (Wildman–Crippen MR) is 61.6 cm³/mol. The van der Waals surface area contributed by atoms with Crippen LogP contribution in [0.15, 0.2) is 0 Å². The first kappa shape index (κ1) is 16.8. The van der Waals surface area contributed by atoms with Gasteiger partial charge in [-0.2, -0.15) is 0 Å². The first-order chi connectivity index (χ1) is 9.27. The smallest absolute Gasteiger partial charge is 0.247 e. The number of carbonyl (C=O) groups excluding carboxylic acids is 2. The fraction of sp³-hybridized carbons (Fsp3) is 0.800. The molecule has 1 saturated heterocycles. The van der Waals surface area contributed by atoms with E-state index >= 15 is 0 Å². The Morgan fingerprint density at radius 3 is 2.20 bits per heavy atom. The topological polar surface area (TPSA) is 186 Å². The van der Waals surface area contributed by atoms with E-state index in [-0.39, 0.29) is 0 Å². The fourth-order valence-corrected chi connectivity index (χ4v) is 1.74. The molecule has 116 valence electrons. The third kappa shape index (κ3) is 3.85. The molecule has 0 aromatic heterocycles. The van der Waals surface area contributed by atoms with Gasteiger partial charge in [0.05, 0.1) is 13.0 Å². The molecule has 20 heavy (non-hydrogen) atoms. The number of nitrogens with two attached hydrogens (primary N) is 2. The van der Waals surface area contributed by atoms with E-state index in [1.165, 1.54) is 0 Å². The quantitative estimate of drug-likeness (QED) is 0.283. The summed E-state index contributed by atoms with van der Waals surface area (Å²) in [7, 11) is 0. The van der Waals surface area contributed by atoms with Crippen molar-refractivity contribution in [2.45, 2.75) is 43.2 Å². The minimum atomic E-state index is -1.69. The lowest BCUT2D eigenvalue weighted by Gasteiger charge is -2.40. The van der Waals surface area contributed by atoms with E-state index in [9.17, 15) is 24.9 Å². The number of rotatable bonds is 6. The van der Waals surface area contributed by atoms with Crippen LogP contribution in [0.4, 0.5) is 0 Å². The molecule has 8 N–H and O–H groups in total. The molecular weight excluding hydrogens is 276 g/mol. The van der Waals surface area contributed by atoms with Crippen molar-refractivity contribution in [3.05, 3.63) is 0 Å². The van der Waals surface area contributed by atoms with Crippen LogP contribution in [0.25, 0.3) is 0 Å². The largest absolute Gasteiger partial charge is 0.394 e. The van der Waals surface area contributed by atoms with Crippen LogP contribution in [0.3, 0.4) is 0 Å². The van der Waals surface area contributed by atoms with Gasteiger partial charge >= 0.3 is 0 Å². The van der Waals surface area contributed by atoms with Crippen LogP contribution in [-0.4, -0.2) is 75.7 Å². The average molecular weight is 294 g/mol. The molecule has 0 spiro atoms. The number of aliphatic hydroxyl groups excluding tert-OH is 4. The van der Waals surface area contributed by atoms with Crippen molar-refractivity contribution in [3.8, 4) is 0 Å². The lowest BCUT2D eigenvalue weighted by molar-refractivity contribution is -0.308. The van der Waals surface area contributed by atoms with Gasteiger partial charge in [0.1, 0.15) is 30.5 Å². The van der Waals surface area contributed by atoms with Crippen molar-refractivity contribution < 1.29 is 39.5 Å². The van der Waals surface area contributed by atoms with Gasteiger partial charge in [-0.3, -0.25) is 9.59 Å². The molecule has 2 amide bonds. The van der Waals surface area contributed by atoms with Crippen LogP contribution in [0, 0.1) is 0 Å². The van der Waals surface area contributed by atoms with Gasteiger partial charge in [0.2, 0.25) is 11.8 Å². The van der Waals surface area contributed by atoms with E-state index in [1.807, 2.05) is 0 Å². The molecule has 3 unspecified atom stereocenters. The van der Waals surface area contributed by atoms with Gasteiger partial charge in [-0.15, -0.1) is 0 Å². The fourth-order valence-electron chi connectivity index (χ4n) is 1.74. The Hall–Kier alpha value is -1.30. The van der Waals surface area contributed by atoms with E-state index in [0.717, 1.165) is 0 Å². The van der Waals surface area contributed by atoms with Crippen LogP contribution >= 0.6 is 0 Å². The normalized spacial score (nSPS) is 35.5. The molecule has 1 heterocycles. The van der Waals surface area contributed by atoms with Crippen LogP contribution in [-0.2, 0) is 19.1 Å². The van der Waals surface area contributed by atoms with Crippen molar-refractivity contribution in [3.63, 3.8) is 0 Å². The maximum atomic E-state index is 11.1. The standard InChI is InChI=1S/C10H18N2O8/c11-5(14)1-3(9(12)18)19-10-8(17)7(16)6(15)4(2-13)20-10/h3-4,6-8,10,13,15-17H,1-2H2,(H2,11,14)(H2,12,18)/t3?,4?,6-,7-,8?,10-/m0/s1. The van der Waals surface area contributed by atoms with E-state index in [0.29, 0.717) is 0 Å². The second kappa shape index (κ2) is 6.92. The summed E-state index contributed by atoms with van der Waals surface area (Å²) >= 11 is 0. The molecule has 0 aromatic rings. The van der Waals surface area contributed by atoms with Crippen LogP contribution in [0.5, 0.6) is 0 Å². The van der Waals surface area contributed by atoms with Crippen molar-refractivity contribution >= 4 is 11.8 Å². The number of ether oxygens (including phenoxy) is 2. The second-order valence-corrected chi connectivity index (χ2v) is 4.39. The molecule has 0 radical (unpaired) electrons. The van der Waals surface area contributed by atoms with Crippen LogP contribution < -0.4 is 11.5 Å². The van der Waals surface area contributed by atoms with Crippen molar-refractivity contribution in [1.82, 2.24) is 0 Å². The van der Waals surface area contributed by atoms with E-state index in [4.69, 9.17) is 26.0 Å². The zero-order valence-electron chi connectivity index (χ0n) is 10.5. The summed E-state index contributed by atoms with van der Waals surface area (Å²) in [5, 5.41) is 37.7. The molecule has 0 aliphatic carbocycles. The SMILES string of the molecule is NC(=O)CC(O[C@H]1OC(CO)[C@H](O)[C@H](O)C1O)C(N)=O. The van der Waals surface area contributed by atoms with Crippen LogP contribution in [0.1, 0.15) is 6.42 Å². The maximum absolute atomic E-state index is 11.1. The third-order valence-corrected chi connectivity index (χ3v) is 2.85. The van der Waals surface area contributed by atoms with Crippen molar-refractivity contribution in [2.75, 3.05) is 6.61 Å². The van der Waals surface area contributed by atoms with Crippen LogP contribution in [0.2, 0.25) is 0 Å². The van der Waals surface area contributed by atoms with Crippen molar-refractivity contribution in [2.24, 2.45) is 11.5 Å². The highest BCUT2D eigenvalue weighted by atomic mass is 16.7. The minimum absolute atomic E-state index is 0.537. The molecule has 0 aromatic carbocycles. The van der Waals surface area contributed by atoms with E-state index < -0.39 is 61.7 Å². The van der Waals surface area contributed by atoms with Gasteiger partial charge < -0.3 is 41.4 Å². The van der Waals surface area contributed by atoms with E-state index in [2.05, 4.69) is 0 Å². The highest BCUT2D eigenvalue weighted by Gasteiger charge is 2.45. The van der Waals surface area contributed by atoms with Gasteiger partial charge in [-0.25, -0.2) is 0 Å². The number of carbonyl (C=O) groups is 2. The summed E-state index contributed by atoms with van der Waals surface area (Å²) in [6.07, 6.45) is -9.66. The molecule has 1 aliphatic rings. The molecule has 10 nitrogen and oxygen atoms in total. The summed E-state index contributed by atoms with van der Waals surface area (Å²) < 4.78 is 10.00. The molecule has 10 heteroatoms. The molecule has 1 aliphatic heterocycles. The lowest BCUT2D eigenvalue weighted by atomic mass is 9.99. The maximum Gasteiger partial charge on any atom is 0.247 e. The van der Waals surface area contributed by atoms with Gasteiger partial charge in [0, 0.05) is 0 Å². The second-order valence-electron chi connectivity index (χ2n) is 4.39. The van der Waals surface area contributed by atoms with E-state index in [1.54, 1.807) is 0 Å². The summed E-state index contributed by atoms with van der Waals surface area (Å²) in [5.74, 6) is -1.88. The Labute approximate surface area is 113 Å². The highest BCUT2D eigenvalue weighted by Crippen LogP contribution is 2.23.